The SMILES string of the molecule is NC(Cc1ccc(O)c(O)c1)c1nc(C2CCCO2)no1. The molecule has 2 heterocycles. The molecule has 0 amide bonds. The maximum atomic E-state index is 9.47. The van der Waals surface area contributed by atoms with Crippen molar-refractivity contribution in [3.63, 3.8) is 0 Å². The fraction of sp³-hybridized carbons (Fsp3) is 0.429. The number of ether oxygens (including phenoxy) is 1. The van der Waals surface area contributed by atoms with E-state index in [2.05, 4.69) is 10.1 Å². The molecule has 1 aromatic heterocycles. The molecule has 21 heavy (non-hydrogen) atoms. The molecule has 1 fully saturated rings. The second kappa shape index (κ2) is 5.71. The van der Waals surface area contributed by atoms with Crippen molar-refractivity contribution in [3.8, 4) is 11.5 Å². The van der Waals surface area contributed by atoms with Crippen molar-refractivity contribution in [1.82, 2.24) is 10.1 Å². The summed E-state index contributed by atoms with van der Waals surface area (Å²) in [6, 6.07) is 4.10. The zero-order chi connectivity index (χ0) is 14.8. The molecule has 0 saturated carbocycles. The zero-order valence-corrected chi connectivity index (χ0v) is 11.4. The van der Waals surface area contributed by atoms with Crippen molar-refractivity contribution in [1.29, 1.82) is 0 Å². The van der Waals surface area contributed by atoms with E-state index in [9.17, 15) is 10.2 Å². The Hall–Kier alpha value is -2.12. The molecule has 1 aliphatic heterocycles. The standard InChI is InChI=1S/C14H17N3O4/c15-9(6-8-3-4-10(18)11(19)7-8)14-16-13(17-21-14)12-2-1-5-20-12/h3-4,7,9,12,18-19H,1-2,5-6,15H2. The third kappa shape index (κ3) is 2.98. The summed E-state index contributed by atoms with van der Waals surface area (Å²) in [5.74, 6) is 0.538. The van der Waals surface area contributed by atoms with Crippen molar-refractivity contribution in [3.05, 3.63) is 35.5 Å². The fourth-order valence-corrected chi connectivity index (χ4v) is 2.35. The predicted octanol–water partition coefficient (Wildman–Crippen LogP) is 1.57. The molecule has 2 aromatic rings. The Balaban J connectivity index is 1.69. The van der Waals surface area contributed by atoms with Gasteiger partial charge in [0.15, 0.2) is 11.5 Å². The number of aromatic hydroxyl groups is 2. The first-order chi connectivity index (χ1) is 10.1. The Morgan fingerprint density at radius 3 is 2.90 bits per heavy atom. The van der Waals surface area contributed by atoms with Gasteiger partial charge in [-0.05, 0) is 37.0 Å². The van der Waals surface area contributed by atoms with Crippen molar-refractivity contribution >= 4 is 0 Å². The first-order valence-electron chi connectivity index (χ1n) is 6.85. The number of phenolic OH excluding ortho intramolecular Hbond substituents is 2. The van der Waals surface area contributed by atoms with Gasteiger partial charge in [0.2, 0.25) is 11.7 Å². The van der Waals surface area contributed by atoms with E-state index in [1.165, 1.54) is 12.1 Å². The molecule has 3 rings (SSSR count). The summed E-state index contributed by atoms with van der Waals surface area (Å²) in [7, 11) is 0. The Bertz CT molecular complexity index is 622. The summed E-state index contributed by atoms with van der Waals surface area (Å²) in [6.45, 7) is 0.716. The molecule has 112 valence electrons. The number of rotatable bonds is 4. The molecule has 0 radical (unpaired) electrons. The zero-order valence-electron chi connectivity index (χ0n) is 11.4. The molecule has 7 nitrogen and oxygen atoms in total. The normalized spacial score (nSPS) is 19.8. The third-order valence-electron chi connectivity index (χ3n) is 3.49. The van der Waals surface area contributed by atoms with Gasteiger partial charge < -0.3 is 25.2 Å². The highest BCUT2D eigenvalue weighted by Crippen LogP contribution is 2.29. The summed E-state index contributed by atoms with van der Waals surface area (Å²) >= 11 is 0. The minimum atomic E-state index is -0.475. The summed E-state index contributed by atoms with van der Waals surface area (Å²) < 4.78 is 10.7. The van der Waals surface area contributed by atoms with E-state index in [4.69, 9.17) is 15.0 Å². The molecule has 7 heteroatoms. The van der Waals surface area contributed by atoms with Crippen molar-refractivity contribution < 1.29 is 19.5 Å². The van der Waals surface area contributed by atoms with E-state index in [-0.39, 0.29) is 17.6 Å². The molecule has 0 spiro atoms. The number of nitrogens with zero attached hydrogens (tertiary/aromatic N) is 2. The monoisotopic (exact) mass is 291 g/mol. The van der Waals surface area contributed by atoms with Gasteiger partial charge in [0.05, 0.1) is 6.04 Å². The molecule has 1 saturated heterocycles. The summed E-state index contributed by atoms with van der Waals surface area (Å²) in [6.07, 6.45) is 2.20. The number of nitrogens with two attached hydrogens (primary N) is 1. The van der Waals surface area contributed by atoms with Gasteiger partial charge >= 0.3 is 0 Å². The predicted molar refractivity (Wildman–Crippen MR) is 72.6 cm³/mol. The Morgan fingerprint density at radius 1 is 1.33 bits per heavy atom. The van der Waals surface area contributed by atoms with Crippen molar-refractivity contribution in [2.24, 2.45) is 5.73 Å². The van der Waals surface area contributed by atoms with Crippen LogP contribution >= 0.6 is 0 Å². The van der Waals surface area contributed by atoms with Crippen LogP contribution in [0.1, 0.15) is 42.3 Å². The highest BCUT2D eigenvalue weighted by atomic mass is 16.5. The van der Waals surface area contributed by atoms with Gasteiger partial charge in [0.25, 0.3) is 0 Å². The first-order valence-corrected chi connectivity index (χ1v) is 6.85. The van der Waals surface area contributed by atoms with Gasteiger partial charge in [0, 0.05) is 6.61 Å². The first kappa shape index (κ1) is 13.8. The summed E-state index contributed by atoms with van der Waals surface area (Å²) in [4.78, 5) is 4.29. The van der Waals surface area contributed by atoms with E-state index in [0.717, 1.165) is 18.4 Å². The van der Waals surface area contributed by atoms with Crippen LogP contribution in [0.15, 0.2) is 22.7 Å². The van der Waals surface area contributed by atoms with Gasteiger partial charge in [0.1, 0.15) is 6.10 Å². The lowest BCUT2D eigenvalue weighted by Gasteiger charge is -2.08. The maximum absolute atomic E-state index is 9.47. The number of phenols is 2. The van der Waals surface area contributed by atoms with Gasteiger partial charge in [-0.1, -0.05) is 11.2 Å². The van der Waals surface area contributed by atoms with Crippen LogP contribution < -0.4 is 5.73 Å². The number of aromatic nitrogens is 2. The third-order valence-corrected chi connectivity index (χ3v) is 3.49. The largest absolute Gasteiger partial charge is 0.504 e. The summed E-state index contributed by atoms with van der Waals surface area (Å²) in [5.41, 5.74) is 6.82. The van der Waals surface area contributed by atoms with Crippen LogP contribution in [-0.4, -0.2) is 27.0 Å². The molecule has 0 aliphatic carbocycles. The molecule has 0 bridgehead atoms. The number of benzene rings is 1. The molecular weight excluding hydrogens is 274 g/mol. The van der Waals surface area contributed by atoms with Crippen molar-refractivity contribution in [2.45, 2.75) is 31.4 Å². The minimum Gasteiger partial charge on any atom is -0.504 e. The van der Waals surface area contributed by atoms with Crippen LogP contribution in [0.5, 0.6) is 11.5 Å². The Kier molecular flexibility index (Phi) is 3.76. The Labute approximate surface area is 121 Å². The van der Waals surface area contributed by atoms with Crippen LogP contribution in [0.25, 0.3) is 0 Å². The van der Waals surface area contributed by atoms with E-state index < -0.39 is 6.04 Å². The van der Waals surface area contributed by atoms with Crippen molar-refractivity contribution in [2.75, 3.05) is 6.61 Å². The van der Waals surface area contributed by atoms with E-state index in [1.54, 1.807) is 6.07 Å². The molecular formula is C14H17N3O4. The topological polar surface area (TPSA) is 115 Å². The van der Waals surface area contributed by atoms with Crippen LogP contribution in [0.4, 0.5) is 0 Å². The van der Waals surface area contributed by atoms with E-state index in [1.807, 2.05) is 0 Å². The molecule has 1 aliphatic rings. The summed E-state index contributed by atoms with van der Waals surface area (Å²) in [5, 5.41) is 22.7. The lowest BCUT2D eigenvalue weighted by molar-refractivity contribution is 0.103. The lowest BCUT2D eigenvalue weighted by atomic mass is 10.1. The van der Waals surface area contributed by atoms with Gasteiger partial charge in [-0.15, -0.1) is 0 Å². The average molecular weight is 291 g/mol. The quantitative estimate of drug-likeness (QED) is 0.732. The van der Waals surface area contributed by atoms with Gasteiger partial charge in [-0.25, -0.2) is 0 Å². The highest BCUT2D eigenvalue weighted by Gasteiger charge is 2.25. The van der Waals surface area contributed by atoms with Crippen LogP contribution in [0, 0.1) is 0 Å². The van der Waals surface area contributed by atoms with Gasteiger partial charge in [-0.2, -0.15) is 4.98 Å². The molecule has 1 aromatic carbocycles. The maximum Gasteiger partial charge on any atom is 0.243 e. The minimum absolute atomic E-state index is 0.104. The fourth-order valence-electron chi connectivity index (χ4n) is 2.35. The van der Waals surface area contributed by atoms with Crippen LogP contribution in [-0.2, 0) is 11.2 Å². The second-order valence-electron chi connectivity index (χ2n) is 5.13. The Morgan fingerprint density at radius 2 is 2.19 bits per heavy atom. The number of hydrogen-bond donors (Lipinski definition) is 3. The second-order valence-corrected chi connectivity index (χ2v) is 5.13. The lowest BCUT2D eigenvalue weighted by Crippen LogP contribution is -2.14. The average Bonchev–Trinajstić information content (AvgIpc) is 3.12. The highest BCUT2D eigenvalue weighted by molar-refractivity contribution is 5.40. The van der Waals surface area contributed by atoms with Crippen LogP contribution in [0.2, 0.25) is 0 Å². The van der Waals surface area contributed by atoms with Crippen LogP contribution in [0.3, 0.4) is 0 Å². The molecule has 2 atom stereocenters. The molecule has 2 unspecified atom stereocenters. The van der Waals surface area contributed by atoms with E-state index >= 15 is 0 Å². The molecule has 4 N–H and O–H groups in total. The number of hydrogen-bond acceptors (Lipinski definition) is 7. The smallest absolute Gasteiger partial charge is 0.243 e. The van der Waals surface area contributed by atoms with E-state index in [0.29, 0.717) is 24.7 Å². The van der Waals surface area contributed by atoms with Gasteiger partial charge in [-0.3, -0.25) is 0 Å².